The lowest BCUT2D eigenvalue weighted by atomic mass is 10.0. The first kappa shape index (κ1) is 13.2. The van der Waals surface area contributed by atoms with Gasteiger partial charge in [-0.15, -0.1) is 0 Å². The quantitative estimate of drug-likeness (QED) is 0.788. The largest absolute Gasteiger partial charge is 0.480 e. The van der Waals surface area contributed by atoms with Crippen molar-refractivity contribution in [1.82, 2.24) is 10.2 Å². The highest BCUT2D eigenvalue weighted by molar-refractivity contribution is 7.99. The van der Waals surface area contributed by atoms with Crippen molar-refractivity contribution in [2.24, 2.45) is 0 Å². The number of carbonyl (C=O) groups is 1. The number of nitrogens with zero attached hydrogens (tertiary/aromatic N) is 1. The maximum absolute atomic E-state index is 10.6. The number of carboxylic acid groups (broad SMARTS) is 1. The number of nitrogens with one attached hydrogen (secondary N) is 1. The van der Waals surface area contributed by atoms with E-state index in [9.17, 15) is 4.79 Å². The summed E-state index contributed by atoms with van der Waals surface area (Å²) in [6.45, 7) is 2.04. The van der Waals surface area contributed by atoms with E-state index in [4.69, 9.17) is 5.11 Å². The number of carboxylic acids is 1. The summed E-state index contributed by atoms with van der Waals surface area (Å²) < 4.78 is 0. The molecule has 2 aliphatic heterocycles. The van der Waals surface area contributed by atoms with Crippen molar-refractivity contribution < 1.29 is 9.90 Å². The Labute approximate surface area is 107 Å². The van der Waals surface area contributed by atoms with E-state index in [1.807, 2.05) is 16.7 Å². The molecule has 0 bridgehead atoms. The normalized spacial score (nSPS) is 28.1. The van der Waals surface area contributed by atoms with Crippen LogP contribution in [-0.2, 0) is 4.79 Å². The van der Waals surface area contributed by atoms with Gasteiger partial charge in [0.15, 0.2) is 0 Å². The summed E-state index contributed by atoms with van der Waals surface area (Å²) in [5, 5.41) is 12.5. The number of likely N-dealkylation sites (tertiary alicyclic amines) is 1. The molecule has 0 aliphatic carbocycles. The van der Waals surface area contributed by atoms with Gasteiger partial charge in [-0.2, -0.15) is 11.8 Å². The molecule has 4 nitrogen and oxygen atoms in total. The van der Waals surface area contributed by atoms with Crippen LogP contribution in [0.1, 0.15) is 25.7 Å². The molecule has 2 saturated heterocycles. The van der Waals surface area contributed by atoms with E-state index in [1.165, 1.54) is 24.3 Å². The fourth-order valence-corrected chi connectivity index (χ4v) is 3.74. The lowest BCUT2D eigenvalue weighted by molar-refractivity contribution is -0.138. The van der Waals surface area contributed by atoms with Crippen LogP contribution in [0.2, 0.25) is 0 Å². The van der Waals surface area contributed by atoms with Crippen molar-refractivity contribution in [2.45, 2.75) is 37.8 Å². The second-order valence-electron chi connectivity index (χ2n) is 5.02. The van der Waals surface area contributed by atoms with Crippen molar-refractivity contribution in [1.29, 1.82) is 0 Å². The first-order valence-electron chi connectivity index (χ1n) is 6.52. The molecule has 0 aromatic rings. The van der Waals surface area contributed by atoms with Gasteiger partial charge in [0.05, 0.1) is 6.54 Å². The van der Waals surface area contributed by atoms with Crippen molar-refractivity contribution >= 4 is 17.7 Å². The number of piperidine rings is 1. The van der Waals surface area contributed by atoms with Gasteiger partial charge >= 0.3 is 5.97 Å². The van der Waals surface area contributed by atoms with Crippen LogP contribution in [0.5, 0.6) is 0 Å². The molecule has 2 N–H and O–H groups in total. The second kappa shape index (κ2) is 6.61. The predicted octanol–water partition coefficient (Wildman–Crippen LogP) is 1.02. The lowest BCUT2D eigenvalue weighted by Crippen LogP contribution is -2.48. The van der Waals surface area contributed by atoms with Gasteiger partial charge in [-0.3, -0.25) is 9.69 Å². The summed E-state index contributed by atoms with van der Waals surface area (Å²) in [7, 11) is 0. The van der Waals surface area contributed by atoms with Gasteiger partial charge in [-0.1, -0.05) is 0 Å². The van der Waals surface area contributed by atoms with Crippen molar-refractivity contribution in [3.8, 4) is 0 Å². The van der Waals surface area contributed by atoms with Crippen LogP contribution >= 0.6 is 11.8 Å². The fourth-order valence-electron chi connectivity index (χ4n) is 2.65. The smallest absolute Gasteiger partial charge is 0.317 e. The zero-order chi connectivity index (χ0) is 12.1. The first-order valence-corrected chi connectivity index (χ1v) is 7.67. The molecule has 0 aromatic heterocycles. The highest BCUT2D eigenvalue weighted by atomic mass is 32.2. The third kappa shape index (κ3) is 4.48. The third-order valence-corrected chi connectivity index (χ3v) is 4.79. The summed E-state index contributed by atoms with van der Waals surface area (Å²) >= 11 is 2.05. The minimum atomic E-state index is -0.708. The van der Waals surface area contributed by atoms with Crippen LogP contribution < -0.4 is 5.32 Å². The zero-order valence-electron chi connectivity index (χ0n) is 10.2. The maximum Gasteiger partial charge on any atom is 0.317 e. The molecule has 0 radical (unpaired) electrons. The Morgan fingerprint density at radius 1 is 1.29 bits per heavy atom. The van der Waals surface area contributed by atoms with Gasteiger partial charge in [-0.25, -0.2) is 0 Å². The average molecular weight is 258 g/mol. The molecule has 2 fully saturated rings. The maximum atomic E-state index is 10.6. The molecule has 1 atom stereocenters. The molecular weight excluding hydrogens is 236 g/mol. The Morgan fingerprint density at radius 2 is 2.06 bits per heavy atom. The average Bonchev–Trinajstić information content (AvgIpc) is 2.32. The molecule has 2 heterocycles. The Balaban J connectivity index is 1.66. The Kier molecular flexibility index (Phi) is 5.13. The van der Waals surface area contributed by atoms with E-state index in [0.717, 1.165) is 25.9 Å². The number of hydrogen-bond donors (Lipinski definition) is 2. The van der Waals surface area contributed by atoms with Crippen molar-refractivity contribution in [2.75, 3.05) is 31.1 Å². The molecule has 0 amide bonds. The van der Waals surface area contributed by atoms with Gasteiger partial charge in [0.1, 0.15) is 0 Å². The van der Waals surface area contributed by atoms with Gasteiger partial charge < -0.3 is 10.4 Å². The molecule has 17 heavy (non-hydrogen) atoms. The fraction of sp³-hybridized carbons (Fsp3) is 0.917. The topological polar surface area (TPSA) is 52.6 Å². The van der Waals surface area contributed by atoms with Crippen LogP contribution in [0.25, 0.3) is 0 Å². The van der Waals surface area contributed by atoms with Gasteiger partial charge in [0.25, 0.3) is 0 Å². The minimum absolute atomic E-state index is 0.200. The monoisotopic (exact) mass is 258 g/mol. The third-order valence-electron chi connectivity index (χ3n) is 3.58. The highest BCUT2D eigenvalue weighted by Gasteiger charge is 2.23. The lowest BCUT2D eigenvalue weighted by Gasteiger charge is -2.34. The van der Waals surface area contributed by atoms with E-state index in [-0.39, 0.29) is 6.54 Å². The number of hydrogen-bond acceptors (Lipinski definition) is 4. The molecule has 0 saturated carbocycles. The van der Waals surface area contributed by atoms with Crippen LogP contribution in [0.3, 0.4) is 0 Å². The summed E-state index contributed by atoms with van der Waals surface area (Å²) in [6, 6.07) is 1.29. The summed E-state index contributed by atoms with van der Waals surface area (Å²) in [5.41, 5.74) is 0. The van der Waals surface area contributed by atoms with Crippen LogP contribution in [0, 0.1) is 0 Å². The summed E-state index contributed by atoms with van der Waals surface area (Å²) in [6.07, 6.45) is 4.82. The van der Waals surface area contributed by atoms with Crippen molar-refractivity contribution in [3.05, 3.63) is 0 Å². The molecule has 2 rings (SSSR count). The number of aliphatic carboxylic acids is 1. The molecule has 98 valence electrons. The Bertz CT molecular complexity index is 249. The molecule has 0 spiro atoms. The van der Waals surface area contributed by atoms with E-state index >= 15 is 0 Å². The second-order valence-corrected chi connectivity index (χ2v) is 6.17. The Morgan fingerprint density at radius 3 is 2.65 bits per heavy atom. The van der Waals surface area contributed by atoms with E-state index in [1.54, 1.807) is 0 Å². The summed E-state index contributed by atoms with van der Waals surface area (Å²) in [4.78, 5) is 12.6. The van der Waals surface area contributed by atoms with Gasteiger partial charge in [0, 0.05) is 30.9 Å². The van der Waals surface area contributed by atoms with Crippen LogP contribution in [0.4, 0.5) is 0 Å². The van der Waals surface area contributed by atoms with Crippen LogP contribution in [0.15, 0.2) is 0 Å². The van der Waals surface area contributed by atoms with Crippen LogP contribution in [-0.4, -0.2) is 59.2 Å². The number of thioether (sulfide) groups is 1. The van der Waals surface area contributed by atoms with E-state index in [2.05, 4.69) is 5.32 Å². The molecular formula is C12H22N2O2S. The van der Waals surface area contributed by atoms with E-state index < -0.39 is 5.97 Å². The van der Waals surface area contributed by atoms with Crippen molar-refractivity contribution in [3.63, 3.8) is 0 Å². The molecule has 0 unspecified atom stereocenters. The standard InChI is InChI=1S/C12H22N2O2S/c15-12(16)8-14-5-3-10(4-6-14)13-11-2-1-7-17-9-11/h10-11,13H,1-9H2,(H,15,16)/t11-/m1/s1. The predicted molar refractivity (Wildman–Crippen MR) is 70.6 cm³/mol. The molecule has 0 aromatic carbocycles. The highest BCUT2D eigenvalue weighted by Crippen LogP contribution is 2.19. The molecule has 5 heteroatoms. The number of rotatable bonds is 4. The first-order chi connectivity index (χ1) is 8.24. The molecule has 2 aliphatic rings. The van der Waals surface area contributed by atoms with Gasteiger partial charge in [0.2, 0.25) is 0 Å². The van der Waals surface area contributed by atoms with Gasteiger partial charge in [-0.05, 0) is 31.4 Å². The van der Waals surface area contributed by atoms with E-state index in [0.29, 0.717) is 12.1 Å². The minimum Gasteiger partial charge on any atom is -0.480 e. The zero-order valence-corrected chi connectivity index (χ0v) is 11.0. The SMILES string of the molecule is O=C(O)CN1CCC(N[C@@H]2CCCSC2)CC1. The Hall–Kier alpha value is -0.260. The summed E-state index contributed by atoms with van der Waals surface area (Å²) in [5.74, 6) is 1.85.